The van der Waals surface area contributed by atoms with Crippen LogP contribution >= 0.6 is 28.1 Å². The Labute approximate surface area is 82.3 Å². The maximum absolute atomic E-state index is 10.4. The molecule has 1 rings (SSSR count). The van der Waals surface area contributed by atoms with E-state index in [0.29, 0.717) is 10.3 Å². The highest BCUT2D eigenvalue weighted by atomic mass is 79.9. The summed E-state index contributed by atoms with van der Waals surface area (Å²) in [6.45, 7) is 0. The number of nitrogens with one attached hydrogen (secondary N) is 2. The van der Waals surface area contributed by atoms with Crippen LogP contribution in [0.25, 0.3) is 0 Å². The summed E-state index contributed by atoms with van der Waals surface area (Å²) in [5.74, 6) is 0. The second-order valence-corrected chi connectivity index (χ2v) is 3.30. The molecule has 0 unspecified atom stereocenters. The maximum Gasteiger partial charge on any atom is 0.316 e. The Bertz CT molecular complexity index is 362. The predicted octanol–water partition coefficient (Wildman–Crippen LogP) is 2.00. The monoisotopic (exact) mass is 247 g/mol. The lowest BCUT2D eigenvalue weighted by atomic mass is 10.4. The average molecular weight is 248 g/mol. The molecule has 12 heavy (non-hydrogen) atoms. The number of primary amides is 1. The number of hydrogen-bond donors (Lipinski definition) is 3. The molecular formula is C6H6BrN3OS. The number of rotatable bonds is 1. The third kappa shape index (κ3) is 2.31. The van der Waals surface area contributed by atoms with Gasteiger partial charge in [0.25, 0.3) is 0 Å². The lowest BCUT2D eigenvalue weighted by molar-refractivity contribution is 0.259. The number of anilines is 1. The molecule has 0 atom stereocenters. The van der Waals surface area contributed by atoms with Gasteiger partial charge in [-0.1, -0.05) is 12.2 Å². The Balaban J connectivity index is 3.02. The average Bonchev–Trinajstić information content (AvgIpc) is 1.94. The first kappa shape index (κ1) is 9.21. The summed E-state index contributed by atoms with van der Waals surface area (Å²) in [5.41, 5.74) is 5.41. The number of aromatic nitrogens is 1. The van der Waals surface area contributed by atoms with E-state index in [1.807, 2.05) is 0 Å². The minimum atomic E-state index is -0.628. The zero-order valence-corrected chi connectivity index (χ0v) is 8.33. The molecule has 6 heteroatoms. The van der Waals surface area contributed by atoms with E-state index in [2.05, 4.69) is 26.2 Å². The highest BCUT2D eigenvalue weighted by molar-refractivity contribution is 9.10. The molecule has 1 aromatic heterocycles. The topological polar surface area (TPSA) is 70.9 Å². The number of carbonyl (C=O) groups excluding carboxylic acids is 1. The van der Waals surface area contributed by atoms with Crippen LogP contribution in [0.4, 0.5) is 10.5 Å². The van der Waals surface area contributed by atoms with Gasteiger partial charge in [-0.2, -0.15) is 0 Å². The normalized spacial score (nSPS) is 9.42. The maximum atomic E-state index is 10.4. The molecule has 4 nitrogen and oxygen atoms in total. The van der Waals surface area contributed by atoms with Gasteiger partial charge >= 0.3 is 6.03 Å². The summed E-state index contributed by atoms with van der Waals surface area (Å²) in [7, 11) is 0. The van der Waals surface area contributed by atoms with Gasteiger partial charge in [0, 0.05) is 0 Å². The van der Waals surface area contributed by atoms with E-state index in [-0.39, 0.29) is 0 Å². The molecule has 0 saturated heterocycles. The summed E-state index contributed by atoms with van der Waals surface area (Å²) in [5, 5.41) is 2.38. The molecule has 0 aliphatic carbocycles. The van der Waals surface area contributed by atoms with Crippen LogP contribution in [-0.2, 0) is 0 Å². The van der Waals surface area contributed by atoms with E-state index in [1.165, 1.54) is 0 Å². The van der Waals surface area contributed by atoms with E-state index < -0.39 is 6.03 Å². The Kier molecular flexibility index (Phi) is 2.83. The quantitative estimate of drug-likeness (QED) is 0.525. The molecule has 0 fully saturated rings. The number of carbonyl (C=O) groups is 1. The highest BCUT2D eigenvalue weighted by Crippen LogP contribution is 2.12. The predicted molar refractivity (Wildman–Crippen MR) is 52.5 cm³/mol. The van der Waals surface area contributed by atoms with Crippen molar-refractivity contribution in [2.75, 3.05) is 5.32 Å². The van der Waals surface area contributed by atoms with Crippen molar-refractivity contribution in [3.05, 3.63) is 21.4 Å². The zero-order chi connectivity index (χ0) is 9.14. The van der Waals surface area contributed by atoms with Crippen LogP contribution in [0, 0.1) is 4.64 Å². The third-order valence-corrected chi connectivity index (χ3v) is 1.92. The standard InChI is InChI=1S/C6H6BrN3OS/c7-4-2-1-3(5(12)10-4)9-6(8)11/h1-2H,(H,10,12)(H3,8,9,11). The van der Waals surface area contributed by atoms with Gasteiger partial charge in [-0.15, -0.1) is 0 Å². The molecule has 1 aromatic rings. The molecular weight excluding hydrogens is 242 g/mol. The third-order valence-electron chi connectivity index (χ3n) is 1.13. The Hall–Kier alpha value is -0.880. The van der Waals surface area contributed by atoms with Crippen LogP contribution in [0.15, 0.2) is 16.7 Å². The number of amides is 2. The van der Waals surface area contributed by atoms with Gasteiger partial charge in [0.05, 0.1) is 10.3 Å². The highest BCUT2D eigenvalue weighted by Gasteiger charge is 1.97. The van der Waals surface area contributed by atoms with Crippen LogP contribution in [0.1, 0.15) is 0 Å². The minimum Gasteiger partial charge on any atom is -0.351 e. The van der Waals surface area contributed by atoms with Crippen LogP contribution in [0.2, 0.25) is 0 Å². The van der Waals surface area contributed by atoms with Crippen molar-refractivity contribution in [2.24, 2.45) is 5.73 Å². The van der Waals surface area contributed by atoms with E-state index >= 15 is 0 Å². The van der Waals surface area contributed by atoms with Crippen LogP contribution < -0.4 is 11.1 Å². The minimum absolute atomic E-state index is 0.433. The fourth-order valence-corrected chi connectivity index (χ4v) is 1.37. The van der Waals surface area contributed by atoms with Gasteiger partial charge in [0.2, 0.25) is 0 Å². The van der Waals surface area contributed by atoms with Crippen molar-refractivity contribution in [3.8, 4) is 0 Å². The molecule has 0 aromatic carbocycles. The van der Waals surface area contributed by atoms with Crippen molar-refractivity contribution in [1.29, 1.82) is 0 Å². The number of aromatic amines is 1. The summed E-state index contributed by atoms with van der Waals surface area (Å²) >= 11 is 8.10. The number of hydrogen-bond acceptors (Lipinski definition) is 2. The van der Waals surface area contributed by atoms with Crippen LogP contribution in [0.5, 0.6) is 0 Å². The molecule has 0 aliphatic heterocycles. The first-order chi connectivity index (χ1) is 5.59. The van der Waals surface area contributed by atoms with Gasteiger partial charge in [-0.05, 0) is 28.1 Å². The number of urea groups is 1. The van der Waals surface area contributed by atoms with Gasteiger partial charge in [0.15, 0.2) is 0 Å². The summed E-state index contributed by atoms with van der Waals surface area (Å²) in [4.78, 5) is 13.3. The number of pyridine rings is 1. The summed E-state index contributed by atoms with van der Waals surface area (Å²) < 4.78 is 1.19. The lowest BCUT2D eigenvalue weighted by Crippen LogP contribution is -2.19. The number of halogens is 1. The van der Waals surface area contributed by atoms with E-state index in [1.54, 1.807) is 12.1 Å². The largest absolute Gasteiger partial charge is 0.351 e. The molecule has 64 valence electrons. The van der Waals surface area contributed by atoms with Gasteiger partial charge in [-0.3, -0.25) is 0 Å². The Morgan fingerprint density at radius 1 is 1.67 bits per heavy atom. The van der Waals surface area contributed by atoms with Crippen LogP contribution in [-0.4, -0.2) is 11.0 Å². The molecule has 1 heterocycles. The van der Waals surface area contributed by atoms with Gasteiger partial charge < -0.3 is 16.0 Å². The SMILES string of the molecule is NC(=O)Nc1ccc(Br)[nH]c1=S. The smallest absolute Gasteiger partial charge is 0.316 e. The second-order valence-electron chi connectivity index (χ2n) is 2.04. The van der Waals surface area contributed by atoms with Crippen molar-refractivity contribution in [3.63, 3.8) is 0 Å². The fraction of sp³-hybridized carbons (Fsp3) is 0. The molecule has 2 amide bonds. The molecule has 0 aliphatic rings. The van der Waals surface area contributed by atoms with Gasteiger partial charge in [0.1, 0.15) is 4.64 Å². The first-order valence-corrected chi connectivity index (χ1v) is 4.25. The van der Waals surface area contributed by atoms with E-state index in [4.69, 9.17) is 18.0 Å². The summed E-state index contributed by atoms with van der Waals surface area (Å²) in [6.07, 6.45) is 0. The van der Waals surface area contributed by atoms with E-state index in [0.717, 1.165) is 4.60 Å². The Morgan fingerprint density at radius 2 is 2.33 bits per heavy atom. The molecule has 0 bridgehead atoms. The van der Waals surface area contributed by atoms with E-state index in [9.17, 15) is 4.79 Å². The molecule has 0 radical (unpaired) electrons. The van der Waals surface area contributed by atoms with Gasteiger partial charge in [-0.25, -0.2) is 4.79 Å². The van der Waals surface area contributed by atoms with Crippen molar-refractivity contribution in [1.82, 2.24) is 4.98 Å². The number of H-pyrrole nitrogens is 1. The molecule has 0 saturated carbocycles. The van der Waals surface area contributed by atoms with Crippen molar-refractivity contribution < 1.29 is 4.79 Å². The van der Waals surface area contributed by atoms with Crippen molar-refractivity contribution in [2.45, 2.75) is 0 Å². The summed E-state index contributed by atoms with van der Waals surface area (Å²) in [6, 6.07) is 2.76. The zero-order valence-electron chi connectivity index (χ0n) is 5.93. The van der Waals surface area contributed by atoms with Crippen LogP contribution in [0.3, 0.4) is 0 Å². The molecule has 0 spiro atoms. The number of nitrogens with two attached hydrogens (primary N) is 1. The Morgan fingerprint density at radius 3 is 2.83 bits per heavy atom. The fourth-order valence-electron chi connectivity index (χ4n) is 0.681. The molecule has 4 N–H and O–H groups in total. The van der Waals surface area contributed by atoms with Crippen molar-refractivity contribution >= 4 is 39.9 Å². The lowest BCUT2D eigenvalue weighted by Gasteiger charge is -2.00. The first-order valence-electron chi connectivity index (χ1n) is 3.05. The second kappa shape index (κ2) is 3.68.